The monoisotopic (exact) mass is 379 g/mol. The number of nitrogens with zero attached hydrogens (tertiary/aromatic N) is 1. The topological polar surface area (TPSA) is 80.3 Å². The Morgan fingerprint density at radius 1 is 1.19 bits per heavy atom. The summed E-state index contributed by atoms with van der Waals surface area (Å²) in [6, 6.07) is 12.9. The van der Waals surface area contributed by atoms with Crippen LogP contribution in [0.25, 0.3) is 11.3 Å². The van der Waals surface area contributed by atoms with Gasteiger partial charge in [-0.2, -0.15) is 0 Å². The van der Waals surface area contributed by atoms with Crippen molar-refractivity contribution in [3.05, 3.63) is 58.5 Å². The first-order valence-electron chi connectivity index (χ1n) is 8.42. The maximum Gasteiger partial charge on any atom is 0.262 e. The fourth-order valence-corrected chi connectivity index (χ4v) is 3.65. The Kier molecular flexibility index (Phi) is 4.37. The molecule has 0 aliphatic carbocycles. The molecule has 0 bridgehead atoms. The second kappa shape index (κ2) is 6.85. The first-order chi connectivity index (χ1) is 13.0. The maximum absolute atomic E-state index is 12.4. The molecular weight excluding hydrogens is 362 g/mol. The van der Waals surface area contributed by atoms with E-state index in [1.54, 1.807) is 12.1 Å². The summed E-state index contributed by atoms with van der Waals surface area (Å²) in [7, 11) is 0. The van der Waals surface area contributed by atoms with Gasteiger partial charge in [-0.05, 0) is 44.2 Å². The van der Waals surface area contributed by atoms with Crippen LogP contribution in [0.15, 0.2) is 42.5 Å². The largest absolute Gasteiger partial charge is 0.482 e. The van der Waals surface area contributed by atoms with Gasteiger partial charge in [0.05, 0.1) is 11.4 Å². The lowest BCUT2D eigenvalue weighted by molar-refractivity contribution is -0.118. The molecule has 6 nitrogen and oxygen atoms in total. The quantitative estimate of drug-likeness (QED) is 0.721. The normalized spacial score (nSPS) is 12.7. The molecule has 3 aromatic rings. The third-order valence-electron chi connectivity index (χ3n) is 4.22. The Morgan fingerprint density at radius 3 is 2.74 bits per heavy atom. The summed E-state index contributed by atoms with van der Waals surface area (Å²) in [4.78, 5) is 29.5. The van der Waals surface area contributed by atoms with Gasteiger partial charge in [0.25, 0.3) is 11.8 Å². The van der Waals surface area contributed by atoms with E-state index in [0.29, 0.717) is 22.1 Å². The number of carbonyl (C=O) groups excluding carboxylic acids is 2. The predicted molar refractivity (Wildman–Crippen MR) is 106 cm³/mol. The van der Waals surface area contributed by atoms with Crippen molar-refractivity contribution in [3.63, 3.8) is 0 Å². The second-order valence-electron chi connectivity index (χ2n) is 6.29. The van der Waals surface area contributed by atoms with Crippen molar-refractivity contribution in [2.24, 2.45) is 0 Å². The van der Waals surface area contributed by atoms with Crippen LogP contribution in [0, 0.1) is 13.8 Å². The molecule has 4 rings (SSSR count). The van der Waals surface area contributed by atoms with Crippen molar-refractivity contribution >= 4 is 34.0 Å². The molecule has 27 heavy (non-hydrogen) atoms. The number of aryl methyl sites for hydroxylation is 2. The molecule has 7 heteroatoms. The fourth-order valence-electron chi connectivity index (χ4n) is 2.82. The van der Waals surface area contributed by atoms with Crippen LogP contribution in [0.5, 0.6) is 5.75 Å². The van der Waals surface area contributed by atoms with Gasteiger partial charge in [-0.15, -0.1) is 11.3 Å². The third-order valence-corrected chi connectivity index (χ3v) is 5.10. The van der Waals surface area contributed by atoms with E-state index in [4.69, 9.17) is 4.74 Å². The smallest absolute Gasteiger partial charge is 0.262 e. The molecule has 0 unspecified atom stereocenters. The summed E-state index contributed by atoms with van der Waals surface area (Å²) in [5.41, 5.74) is 3.93. The maximum atomic E-state index is 12.4. The molecular formula is C20H17N3O3S. The molecule has 1 aliphatic rings. The van der Waals surface area contributed by atoms with Crippen molar-refractivity contribution in [3.8, 4) is 17.0 Å². The summed E-state index contributed by atoms with van der Waals surface area (Å²) >= 11 is 1.41. The van der Waals surface area contributed by atoms with Crippen molar-refractivity contribution in [1.29, 1.82) is 0 Å². The Hall–Kier alpha value is -3.19. The average molecular weight is 379 g/mol. The Morgan fingerprint density at radius 2 is 1.96 bits per heavy atom. The summed E-state index contributed by atoms with van der Waals surface area (Å²) in [6.45, 7) is 3.95. The van der Waals surface area contributed by atoms with Gasteiger partial charge in [0, 0.05) is 16.0 Å². The number of aromatic nitrogens is 1. The van der Waals surface area contributed by atoms with E-state index < -0.39 is 0 Å². The standard InChI is InChI=1S/C20H17N3O3S/c1-11-3-5-13(6-4-11)19(25)23-20-22-18(12(2)27-20)14-7-8-16-15(9-14)21-17(24)10-26-16/h3-9H,10H2,1-2H3,(H,21,24)(H,22,23,25). The predicted octanol–water partition coefficient (Wildman–Crippen LogP) is 4.01. The second-order valence-corrected chi connectivity index (χ2v) is 7.49. The Labute approximate surface area is 160 Å². The van der Waals surface area contributed by atoms with Crippen LogP contribution in [-0.2, 0) is 4.79 Å². The number of amides is 2. The zero-order valence-electron chi connectivity index (χ0n) is 14.8. The van der Waals surface area contributed by atoms with Crippen LogP contribution in [0.4, 0.5) is 10.8 Å². The van der Waals surface area contributed by atoms with Gasteiger partial charge >= 0.3 is 0 Å². The highest BCUT2D eigenvalue weighted by atomic mass is 32.1. The number of rotatable bonds is 3. The van der Waals surface area contributed by atoms with Crippen LogP contribution >= 0.6 is 11.3 Å². The van der Waals surface area contributed by atoms with E-state index in [1.807, 2.05) is 44.2 Å². The molecule has 1 aliphatic heterocycles. The lowest BCUT2D eigenvalue weighted by Gasteiger charge is -2.18. The minimum Gasteiger partial charge on any atom is -0.482 e. The van der Waals surface area contributed by atoms with E-state index in [0.717, 1.165) is 21.7 Å². The van der Waals surface area contributed by atoms with Gasteiger partial charge in [0.1, 0.15) is 5.75 Å². The molecule has 2 N–H and O–H groups in total. The lowest BCUT2D eigenvalue weighted by atomic mass is 10.1. The highest BCUT2D eigenvalue weighted by molar-refractivity contribution is 7.16. The number of benzene rings is 2. The molecule has 0 spiro atoms. The van der Waals surface area contributed by atoms with Gasteiger partial charge in [-0.1, -0.05) is 17.7 Å². The average Bonchev–Trinajstić information content (AvgIpc) is 3.01. The molecule has 1 aromatic heterocycles. The van der Waals surface area contributed by atoms with E-state index in [9.17, 15) is 9.59 Å². The van der Waals surface area contributed by atoms with Crippen molar-refractivity contribution in [2.75, 3.05) is 17.2 Å². The minimum atomic E-state index is -0.193. The van der Waals surface area contributed by atoms with Crippen LogP contribution in [0.3, 0.4) is 0 Å². The zero-order valence-corrected chi connectivity index (χ0v) is 15.6. The molecule has 0 saturated heterocycles. The summed E-state index contributed by atoms with van der Waals surface area (Å²) < 4.78 is 5.39. The van der Waals surface area contributed by atoms with Crippen molar-refractivity contribution < 1.29 is 14.3 Å². The third kappa shape index (κ3) is 3.54. The highest BCUT2D eigenvalue weighted by Gasteiger charge is 2.19. The molecule has 0 fully saturated rings. The minimum absolute atomic E-state index is 0.0251. The van der Waals surface area contributed by atoms with E-state index in [2.05, 4.69) is 15.6 Å². The van der Waals surface area contributed by atoms with E-state index >= 15 is 0 Å². The highest BCUT2D eigenvalue weighted by Crippen LogP contribution is 2.36. The van der Waals surface area contributed by atoms with Crippen LogP contribution in [-0.4, -0.2) is 23.4 Å². The summed E-state index contributed by atoms with van der Waals surface area (Å²) in [5.74, 6) is 0.265. The van der Waals surface area contributed by atoms with Crippen molar-refractivity contribution in [2.45, 2.75) is 13.8 Å². The number of hydrogen-bond donors (Lipinski definition) is 2. The van der Waals surface area contributed by atoms with Crippen molar-refractivity contribution in [1.82, 2.24) is 4.98 Å². The van der Waals surface area contributed by atoms with Crippen LogP contribution < -0.4 is 15.4 Å². The zero-order chi connectivity index (χ0) is 19.0. The Balaban J connectivity index is 1.58. The van der Waals surface area contributed by atoms with Gasteiger partial charge in [0.15, 0.2) is 11.7 Å². The molecule has 2 aromatic carbocycles. The summed E-state index contributed by atoms with van der Waals surface area (Å²) in [6.07, 6.45) is 0. The van der Waals surface area contributed by atoms with Gasteiger partial charge in [0.2, 0.25) is 0 Å². The number of ether oxygens (including phenoxy) is 1. The molecule has 0 radical (unpaired) electrons. The van der Waals surface area contributed by atoms with Crippen LogP contribution in [0.1, 0.15) is 20.8 Å². The fraction of sp³-hybridized carbons (Fsp3) is 0.150. The molecule has 2 heterocycles. The molecule has 0 atom stereocenters. The molecule has 2 amide bonds. The van der Waals surface area contributed by atoms with Gasteiger partial charge in [-0.3, -0.25) is 14.9 Å². The van der Waals surface area contributed by atoms with E-state index in [-0.39, 0.29) is 18.4 Å². The number of fused-ring (bicyclic) bond motifs is 1. The van der Waals surface area contributed by atoms with E-state index in [1.165, 1.54) is 11.3 Å². The number of anilines is 2. The van der Waals surface area contributed by atoms with Crippen LogP contribution in [0.2, 0.25) is 0 Å². The number of hydrogen-bond acceptors (Lipinski definition) is 5. The summed E-state index contributed by atoms with van der Waals surface area (Å²) in [5, 5.41) is 6.18. The first kappa shape index (κ1) is 17.2. The first-order valence-corrected chi connectivity index (χ1v) is 9.24. The number of carbonyl (C=O) groups is 2. The molecule has 0 saturated carbocycles. The SMILES string of the molecule is Cc1ccc(C(=O)Nc2nc(-c3ccc4c(c3)NC(=O)CO4)c(C)s2)cc1. The van der Waals surface area contributed by atoms with Gasteiger partial charge in [-0.25, -0.2) is 4.98 Å². The number of nitrogens with one attached hydrogen (secondary N) is 2. The lowest BCUT2D eigenvalue weighted by Crippen LogP contribution is -2.25. The Bertz CT molecular complexity index is 1040. The molecule has 136 valence electrons. The van der Waals surface area contributed by atoms with Gasteiger partial charge < -0.3 is 10.1 Å². The number of thiazole rings is 1.